The van der Waals surface area contributed by atoms with Gasteiger partial charge < -0.3 is 14.2 Å². The molecule has 1 heterocycles. The second-order valence-corrected chi connectivity index (χ2v) is 14.4. The summed E-state index contributed by atoms with van der Waals surface area (Å²) in [6.45, 7) is 9.16. The van der Waals surface area contributed by atoms with Crippen molar-refractivity contribution in [3.8, 4) is 5.75 Å². The molecule has 0 aliphatic rings. The number of nitrogens with one attached hydrogen (secondary N) is 1. The molecule has 0 saturated carbocycles. The Balaban J connectivity index is 1.87. The summed E-state index contributed by atoms with van der Waals surface area (Å²) >= 11 is 0.908. The van der Waals surface area contributed by atoms with Crippen molar-refractivity contribution in [3.63, 3.8) is 0 Å². The second kappa shape index (κ2) is 14.3. The van der Waals surface area contributed by atoms with Crippen LogP contribution < -0.4 is 14.5 Å². The second-order valence-electron chi connectivity index (χ2n) is 11.7. The van der Waals surface area contributed by atoms with Gasteiger partial charge in [0.15, 0.2) is 11.5 Å². The highest BCUT2D eigenvalue weighted by Gasteiger charge is 2.33. The molecule has 0 bridgehead atoms. The molecular weight excluding hydrogens is 629 g/mol. The molecule has 1 amide bonds. The number of benzene rings is 2. The van der Waals surface area contributed by atoms with Crippen LogP contribution >= 0.6 is 11.3 Å². The van der Waals surface area contributed by atoms with E-state index in [0.717, 1.165) is 27.8 Å². The number of amides is 1. The van der Waals surface area contributed by atoms with Gasteiger partial charge in [-0.25, -0.2) is 27.4 Å². The normalized spacial score (nSPS) is 11.9. The van der Waals surface area contributed by atoms with Crippen LogP contribution in [0.4, 0.5) is 14.2 Å². The highest BCUT2D eigenvalue weighted by molar-refractivity contribution is 7.93. The fourth-order valence-corrected chi connectivity index (χ4v) is 6.22. The van der Waals surface area contributed by atoms with Crippen LogP contribution in [-0.4, -0.2) is 56.2 Å². The number of sulfonamides is 1. The van der Waals surface area contributed by atoms with E-state index in [4.69, 9.17) is 19.0 Å². The minimum absolute atomic E-state index is 0.0191. The van der Waals surface area contributed by atoms with Crippen LogP contribution in [0.15, 0.2) is 52.9 Å². The zero-order chi connectivity index (χ0) is 33.6. The van der Waals surface area contributed by atoms with Gasteiger partial charge in [-0.05, 0) is 76.9 Å². The standard InChI is InChI=1S/C30H36FN3O9S2/c1-29(2,3)42-27(36)25-26(44-18-32-25)34(16-19-8-11-22(40-7)12-9-19)45(38,39)23-13-10-20(24(31)15-23)14-21(35)17-41-33-28(37)43-30(4,5)6/h8-13,15,18H,14,16-17H2,1-7H3,(H,33,37). The molecule has 0 saturated heterocycles. The van der Waals surface area contributed by atoms with Crippen LogP contribution in [0.5, 0.6) is 5.75 Å². The number of anilines is 1. The van der Waals surface area contributed by atoms with Crippen LogP contribution in [0, 0.1) is 5.82 Å². The van der Waals surface area contributed by atoms with Crippen molar-refractivity contribution in [2.45, 2.75) is 70.6 Å². The lowest BCUT2D eigenvalue weighted by molar-refractivity contribution is -0.125. The molecule has 15 heteroatoms. The fraction of sp³-hybridized carbons (Fsp3) is 0.400. The van der Waals surface area contributed by atoms with Gasteiger partial charge in [-0.1, -0.05) is 18.2 Å². The minimum Gasteiger partial charge on any atom is -0.497 e. The summed E-state index contributed by atoms with van der Waals surface area (Å²) in [5.41, 5.74) is 1.89. The molecule has 0 spiro atoms. The maximum atomic E-state index is 15.2. The number of carbonyl (C=O) groups is 3. The fourth-order valence-electron chi connectivity index (χ4n) is 3.74. The van der Waals surface area contributed by atoms with E-state index in [-0.39, 0.29) is 22.8 Å². The molecule has 2 aromatic carbocycles. The zero-order valence-corrected chi connectivity index (χ0v) is 27.6. The number of carbonyl (C=O) groups excluding carboxylic acids is 3. The van der Waals surface area contributed by atoms with Crippen molar-refractivity contribution >= 4 is 44.2 Å². The van der Waals surface area contributed by atoms with Crippen molar-refractivity contribution in [2.24, 2.45) is 0 Å². The van der Waals surface area contributed by atoms with Gasteiger partial charge >= 0.3 is 12.1 Å². The number of ether oxygens (including phenoxy) is 3. The summed E-state index contributed by atoms with van der Waals surface area (Å²) in [5, 5.41) is -0.0191. The van der Waals surface area contributed by atoms with E-state index >= 15 is 4.39 Å². The summed E-state index contributed by atoms with van der Waals surface area (Å²) in [5.74, 6) is -1.81. The quantitative estimate of drug-likeness (QED) is 0.202. The van der Waals surface area contributed by atoms with Crippen molar-refractivity contribution < 1.29 is 46.2 Å². The van der Waals surface area contributed by atoms with Gasteiger partial charge in [0.05, 0.1) is 24.1 Å². The Morgan fingerprint density at radius 2 is 1.62 bits per heavy atom. The summed E-state index contributed by atoms with van der Waals surface area (Å²) < 4.78 is 59.9. The molecule has 0 atom stereocenters. The molecular formula is C30H36FN3O9S2. The first-order valence-corrected chi connectivity index (χ1v) is 15.9. The predicted octanol–water partition coefficient (Wildman–Crippen LogP) is 5.21. The van der Waals surface area contributed by atoms with Crippen LogP contribution in [0.3, 0.4) is 0 Å². The number of hydrogen-bond acceptors (Lipinski definition) is 11. The van der Waals surface area contributed by atoms with Crippen LogP contribution in [-0.2, 0) is 42.1 Å². The van der Waals surface area contributed by atoms with Gasteiger partial charge in [0, 0.05) is 6.42 Å². The summed E-state index contributed by atoms with van der Waals surface area (Å²) in [7, 11) is -2.99. The van der Waals surface area contributed by atoms with Gasteiger partial charge in [0.1, 0.15) is 34.4 Å². The maximum Gasteiger partial charge on any atom is 0.431 e. The molecule has 1 aromatic heterocycles. The number of thiazole rings is 1. The molecule has 1 N–H and O–H groups in total. The smallest absolute Gasteiger partial charge is 0.431 e. The minimum atomic E-state index is -4.49. The van der Waals surface area contributed by atoms with Crippen molar-refractivity contribution in [1.29, 1.82) is 0 Å². The first kappa shape index (κ1) is 35.4. The van der Waals surface area contributed by atoms with E-state index in [1.165, 1.54) is 18.7 Å². The number of esters is 1. The maximum absolute atomic E-state index is 15.2. The van der Waals surface area contributed by atoms with Crippen LogP contribution in [0.25, 0.3) is 0 Å². The third-order valence-electron chi connectivity index (χ3n) is 5.64. The molecule has 0 fully saturated rings. The average Bonchev–Trinajstić information content (AvgIpc) is 3.41. The molecule has 3 rings (SSSR count). The topological polar surface area (TPSA) is 150 Å². The van der Waals surface area contributed by atoms with Crippen LogP contribution in [0.1, 0.15) is 63.2 Å². The number of aromatic nitrogens is 1. The Labute approximate surface area is 265 Å². The van der Waals surface area contributed by atoms with E-state index in [1.807, 2.05) is 5.48 Å². The monoisotopic (exact) mass is 665 g/mol. The summed E-state index contributed by atoms with van der Waals surface area (Å²) in [6, 6.07) is 9.76. The number of halogens is 1. The largest absolute Gasteiger partial charge is 0.497 e. The molecule has 244 valence electrons. The SMILES string of the molecule is COc1ccc(CN(c2scnc2C(=O)OC(C)(C)C)S(=O)(=O)c2ccc(CC(=O)CONC(=O)OC(C)(C)C)c(F)c2)cc1. The Morgan fingerprint density at radius 1 is 0.978 bits per heavy atom. The van der Waals surface area contributed by atoms with E-state index in [0.29, 0.717) is 11.3 Å². The number of hydroxylamine groups is 1. The zero-order valence-electron chi connectivity index (χ0n) is 26.0. The highest BCUT2D eigenvalue weighted by atomic mass is 32.2. The Bertz CT molecular complexity index is 1630. The van der Waals surface area contributed by atoms with E-state index < -0.39 is 62.8 Å². The lowest BCUT2D eigenvalue weighted by Gasteiger charge is -2.25. The van der Waals surface area contributed by atoms with E-state index in [2.05, 4.69) is 4.98 Å². The third kappa shape index (κ3) is 10.2. The van der Waals surface area contributed by atoms with Crippen molar-refractivity contribution in [2.75, 3.05) is 18.0 Å². The third-order valence-corrected chi connectivity index (χ3v) is 8.35. The van der Waals surface area contributed by atoms with Gasteiger partial charge in [-0.2, -0.15) is 5.48 Å². The number of ketones is 1. The first-order valence-electron chi connectivity index (χ1n) is 13.6. The molecule has 0 radical (unpaired) electrons. The van der Waals surface area contributed by atoms with Gasteiger partial charge in [-0.3, -0.25) is 13.9 Å². The predicted molar refractivity (Wildman–Crippen MR) is 164 cm³/mol. The number of Topliss-reactive ketones (excluding diaryl/α,β-unsaturated/α-hetero) is 1. The molecule has 0 unspecified atom stereocenters. The molecule has 45 heavy (non-hydrogen) atoms. The molecule has 0 aliphatic heterocycles. The number of nitrogens with zero attached hydrogens (tertiary/aromatic N) is 2. The lowest BCUT2D eigenvalue weighted by atomic mass is 10.1. The first-order chi connectivity index (χ1) is 20.9. The lowest BCUT2D eigenvalue weighted by Crippen LogP contribution is -2.34. The Kier molecular flexibility index (Phi) is 11.3. The van der Waals surface area contributed by atoms with Gasteiger partial charge in [0.25, 0.3) is 10.0 Å². The average molecular weight is 666 g/mol. The van der Waals surface area contributed by atoms with Crippen LogP contribution in [0.2, 0.25) is 0 Å². The highest BCUT2D eigenvalue weighted by Crippen LogP contribution is 2.34. The van der Waals surface area contributed by atoms with Gasteiger partial charge in [0.2, 0.25) is 0 Å². The Morgan fingerprint density at radius 3 is 2.20 bits per heavy atom. The summed E-state index contributed by atoms with van der Waals surface area (Å²) in [4.78, 5) is 45.5. The van der Waals surface area contributed by atoms with Crippen molar-refractivity contribution in [1.82, 2.24) is 10.5 Å². The molecule has 0 aliphatic carbocycles. The van der Waals surface area contributed by atoms with Crippen molar-refractivity contribution in [3.05, 3.63) is 70.6 Å². The summed E-state index contributed by atoms with van der Waals surface area (Å²) in [6.07, 6.45) is -1.33. The van der Waals surface area contributed by atoms with Gasteiger partial charge in [-0.15, -0.1) is 11.3 Å². The number of hydrogen-bond donors (Lipinski definition) is 1. The van der Waals surface area contributed by atoms with E-state index in [9.17, 15) is 22.8 Å². The molecule has 12 nitrogen and oxygen atoms in total. The molecule has 3 aromatic rings. The number of rotatable bonds is 12. The Hall–Kier alpha value is -4.08. The van der Waals surface area contributed by atoms with E-state index in [1.54, 1.807) is 65.8 Å². The number of methoxy groups -OCH3 is 1.